The van der Waals surface area contributed by atoms with Gasteiger partial charge < -0.3 is 15.5 Å². The van der Waals surface area contributed by atoms with Crippen LogP contribution in [0.5, 0.6) is 0 Å². The number of rotatable bonds is 2. The Bertz CT molecular complexity index is 383. The number of nitrogens with two attached hydrogens (primary N) is 1. The largest absolute Gasteiger partial charge is 0.353 e. The molecule has 0 unspecified atom stereocenters. The van der Waals surface area contributed by atoms with Crippen LogP contribution >= 0.6 is 0 Å². The molecule has 0 amide bonds. The summed E-state index contributed by atoms with van der Waals surface area (Å²) in [5.74, 6) is 0.183. The van der Waals surface area contributed by atoms with Crippen LogP contribution in [0.3, 0.4) is 0 Å². The van der Waals surface area contributed by atoms with E-state index in [0.717, 1.165) is 32.6 Å². The third kappa shape index (κ3) is 2.73. The molecule has 1 saturated heterocycles. The van der Waals surface area contributed by atoms with E-state index in [9.17, 15) is 4.39 Å². The molecule has 1 aliphatic rings. The van der Waals surface area contributed by atoms with Crippen molar-refractivity contribution in [3.63, 3.8) is 0 Å². The highest BCUT2D eigenvalue weighted by Crippen LogP contribution is 2.20. The molecule has 1 aliphatic heterocycles. The van der Waals surface area contributed by atoms with Gasteiger partial charge in [-0.25, -0.2) is 9.37 Å². The highest BCUT2D eigenvalue weighted by Gasteiger charge is 2.18. The third-order valence-corrected chi connectivity index (χ3v) is 3.19. The molecule has 4 nitrogen and oxygen atoms in total. The first-order valence-corrected chi connectivity index (χ1v) is 5.99. The van der Waals surface area contributed by atoms with E-state index in [-0.39, 0.29) is 12.4 Å². The molecule has 2 rings (SSSR count). The first kappa shape index (κ1) is 12.3. The van der Waals surface area contributed by atoms with Crippen molar-refractivity contribution in [2.24, 2.45) is 5.73 Å². The number of hydrogen-bond acceptors (Lipinski definition) is 4. The van der Waals surface area contributed by atoms with Gasteiger partial charge in [0.1, 0.15) is 0 Å². The fourth-order valence-electron chi connectivity index (χ4n) is 2.11. The van der Waals surface area contributed by atoms with Gasteiger partial charge in [0.15, 0.2) is 11.6 Å². The second kappa shape index (κ2) is 5.42. The smallest absolute Gasteiger partial charge is 0.170 e. The number of nitrogens with zero attached hydrogens (tertiary/aromatic N) is 3. The second-order valence-corrected chi connectivity index (χ2v) is 4.46. The van der Waals surface area contributed by atoms with Crippen LogP contribution in [-0.2, 0) is 6.54 Å². The highest BCUT2D eigenvalue weighted by atomic mass is 19.1. The van der Waals surface area contributed by atoms with Gasteiger partial charge >= 0.3 is 0 Å². The highest BCUT2D eigenvalue weighted by molar-refractivity contribution is 5.43. The zero-order valence-corrected chi connectivity index (χ0v) is 10.2. The molecule has 0 bridgehead atoms. The van der Waals surface area contributed by atoms with Gasteiger partial charge in [0.2, 0.25) is 0 Å². The zero-order valence-electron chi connectivity index (χ0n) is 10.2. The first-order chi connectivity index (χ1) is 8.22. The van der Waals surface area contributed by atoms with Crippen molar-refractivity contribution in [1.29, 1.82) is 0 Å². The Kier molecular flexibility index (Phi) is 3.91. The van der Waals surface area contributed by atoms with E-state index < -0.39 is 0 Å². The number of pyridine rings is 1. The summed E-state index contributed by atoms with van der Waals surface area (Å²) < 4.78 is 14.1. The van der Waals surface area contributed by atoms with Crippen molar-refractivity contribution in [3.05, 3.63) is 23.6 Å². The molecule has 0 saturated carbocycles. The molecule has 0 spiro atoms. The summed E-state index contributed by atoms with van der Waals surface area (Å²) in [6.07, 6.45) is 2.67. The molecule has 94 valence electrons. The van der Waals surface area contributed by atoms with Crippen molar-refractivity contribution in [3.8, 4) is 0 Å². The molecule has 17 heavy (non-hydrogen) atoms. The minimum Gasteiger partial charge on any atom is -0.353 e. The summed E-state index contributed by atoms with van der Waals surface area (Å²) in [4.78, 5) is 8.42. The molecule has 1 fully saturated rings. The maximum atomic E-state index is 14.1. The molecule has 0 atom stereocenters. The first-order valence-electron chi connectivity index (χ1n) is 5.99. The quantitative estimate of drug-likeness (QED) is 0.828. The molecule has 0 radical (unpaired) electrons. The van der Waals surface area contributed by atoms with Gasteiger partial charge in [0, 0.05) is 37.9 Å². The Hall–Kier alpha value is -1.20. The van der Waals surface area contributed by atoms with Gasteiger partial charge in [-0.05, 0) is 26.1 Å². The maximum absolute atomic E-state index is 14.1. The van der Waals surface area contributed by atoms with E-state index in [1.165, 1.54) is 0 Å². The van der Waals surface area contributed by atoms with Gasteiger partial charge in [0.25, 0.3) is 0 Å². The monoisotopic (exact) mass is 238 g/mol. The number of aromatic nitrogens is 1. The zero-order chi connectivity index (χ0) is 12.3. The van der Waals surface area contributed by atoms with Crippen LogP contribution < -0.4 is 10.6 Å². The molecule has 1 aromatic rings. The van der Waals surface area contributed by atoms with Crippen molar-refractivity contribution >= 4 is 5.82 Å². The van der Waals surface area contributed by atoms with Crippen LogP contribution in [0.2, 0.25) is 0 Å². The summed E-state index contributed by atoms with van der Waals surface area (Å²) in [6, 6.07) is 1.64. The lowest BCUT2D eigenvalue weighted by atomic mass is 10.2. The summed E-state index contributed by atoms with van der Waals surface area (Å²) in [5, 5.41) is 0. The summed E-state index contributed by atoms with van der Waals surface area (Å²) in [5.41, 5.74) is 6.04. The summed E-state index contributed by atoms with van der Waals surface area (Å²) in [6.45, 7) is 3.87. The van der Waals surface area contributed by atoms with Crippen LogP contribution in [-0.4, -0.2) is 43.1 Å². The number of anilines is 1. The molecule has 2 N–H and O–H groups in total. The SMILES string of the molecule is CN1CCCN(c2nccc(CN)c2F)CC1. The normalized spacial score (nSPS) is 18.2. The Labute approximate surface area is 101 Å². The second-order valence-electron chi connectivity index (χ2n) is 4.46. The topological polar surface area (TPSA) is 45.4 Å². The van der Waals surface area contributed by atoms with Crippen LogP contribution in [0.4, 0.5) is 10.2 Å². The van der Waals surface area contributed by atoms with Gasteiger partial charge in [0.05, 0.1) is 0 Å². The Morgan fingerprint density at radius 1 is 1.35 bits per heavy atom. The van der Waals surface area contributed by atoms with E-state index in [0.29, 0.717) is 11.4 Å². The van der Waals surface area contributed by atoms with Crippen LogP contribution in [0.25, 0.3) is 0 Å². The predicted octanol–water partition coefficient (Wildman–Crippen LogP) is 0.821. The average molecular weight is 238 g/mol. The lowest BCUT2D eigenvalue weighted by Crippen LogP contribution is -2.30. The fraction of sp³-hybridized carbons (Fsp3) is 0.583. The number of likely N-dealkylation sites (N-methyl/N-ethyl adjacent to an activating group) is 1. The lowest BCUT2D eigenvalue weighted by Gasteiger charge is -2.22. The maximum Gasteiger partial charge on any atom is 0.170 e. The molecular weight excluding hydrogens is 219 g/mol. The van der Waals surface area contributed by atoms with Crippen LogP contribution in [0, 0.1) is 5.82 Å². The molecule has 2 heterocycles. The van der Waals surface area contributed by atoms with Gasteiger partial charge in [-0.1, -0.05) is 0 Å². The van der Waals surface area contributed by atoms with E-state index in [1.54, 1.807) is 12.3 Å². The van der Waals surface area contributed by atoms with E-state index in [4.69, 9.17) is 5.73 Å². The Morgan fingerprint density at radius 2 is 2.18 bits per heavy atom. The summed E-state index contributed by atoms with van der Waals surface area (Å²) >= 11 is 0. The molecule has 1 aromatic heterocycles. The molecule has 5 heteroatoms. The van der Waals surface area contributed by atoms with Crippen LogP contribution in [0.1, 0.15) is 12.0 Å². The average Bonchev–Trinajstić information content (AvgIpc) is 2.54. The fourth-order valence-corrected chi connectivity index (χ4v) is 2.11. The lowest BCUT2D eigenvalue weighted by molar-refractivity contribution is 0.360. The van der Waals surface area contributed by atoms with Gasteiger partial charge in [-0.15, -0.1) is 0 Å². The van der Waals surface area contributed by atoms with Gasteiger partial charge in [-0.2, -0.15) is 0 Å². The van der Waals surface area contributed by atoms with E-state index in [1.807, 2.05) is 4.90 Å². The molecule has 0 aromatic carbocycles. The minimum absolute atomic E-state index is 0.217. The van der Waals surface area contributed by atoms with Crippen molar-refractivity contribution in [1.82, 2.24) is 9.88 Å². The van der Waals surface area contributed by atoms with Crippen molar-refractivity contribution in [2.75, 3.05) is 38.1 Å². The molecule has 0 aliphatic carbocycles. The molecular formula is C12H19FN4. The standard InChI is InChI=1S/C12H19FN4/c1-16-5-2-6-17(8-7-16)12-11(13)10(9-14)3-4-15-12/h3-4H,2,5-9,14H2,1H3. The Morgan fingerprint density at radius 3 is 2.94 bits per heavy atom. The number of halogens is 1. The summed E-state index contributed by atoms with van der Waals surface area (Å²) in [7, 11) is 2.09. The van der Waals surface area contributed by atoms with E-state index in [2.05, 4.69) is 16.9 Å². The Balaban J connectivity index is 2.21. The van der Waals surface area contributed by atoms with Crippen LogP contribution in [0.15, 0.2) is 12.3 Å². The van der Waals surface area contributed by atoms with Crippen molar-refractivity contribution < 1.29 is 4.39 Å². The minimum atomic E-state index is -0.264. The number of hydrogen-bond donors (Lipinski definition) is 1. The van der Waals surface area contributed by atoms with E-state index >= 15 is 0 Å². The van der Waals surface area contributed by atoms with Crippen molar-refractivity contribution in [2.45, 2.75) is 13.0 Å². The third-order valence-electron chi connectivity index (χ3n) is 3.19. The predicted molar refractivity (Wildman–Crippen MR) is 66.4 cm³/mol. The van der Waals surface area contributed by atoms with Gasteiger partial charge in [-0.3, -0.25) is 0 Å².